The molecule has 0 amide bonds. The second kappa shape index (κ2) is 3.36. The van der Waals surface area contributed by atoms with Gasteiger partial charge in [0.2, 0.25) is 0 Å². The van der Waals surface area contributed by atoms with E-state index in [0.29, 0.717) is 0 Å². The minimum Gasteiger partial charge on any atom is -0.496 e. The van der Waals surface area contributed by atoms with Crippen LogP contribution in [0.4, 0.5) is 0 Å². The molecule has 0 unspecified atom stereocenters. The molecule has 0 aliphatic rings. The van der Waals surface area contributed by atoms with E-state index in [1.165, 1.54) is 26.9 Å². The number of hydrogen-bond acceptors (Lipinski definition) is 1. The lowest BCUT2D eigenvalue weighted by Gasteiger charge is -2.11. The molecule has 0 heterocycles. The Kier molecular flexibility index (Phi) is 1.81. The van der Waals surface area contributed by atoms with Crippen LogP contribution in [0.2, 0.25) is 0 Å². The molecular formula is C17H11O. The summed E-state index contributed by atoms with van der Waals surface area (Å²) in [5.74, 6) is 0.792. The van der Waals surface area contributed by atoms with Crippen LogP contribution in [0.15, 0.2) is 48.5 Å². The van der Waals surface area contributed by atoms with E-state index in [0.717, 1.165) is 11.1 Å². The van der Waals surface area contributed by atoms with Gasteiger partial charge in [-0.3, -0.25) is 0 Å². The van der Waals surface area contributed by atoms with Crippen molar-refractivity contribution in [2.45, 2.75) is 0 Å². The van der Waals surface area contributed by atoms with Crippen molar-refractivity contribution in [3.8, 4) is 5.75 Å². The van der Waals surface area contributed by atoms with Crippen LogP contribution in [0.5, 0.6) is 5.75 Å². The third-order valence-corrected chi connectivity index (χ3v) is 3.57. The third kappa shape index (κ3) is 1.16. The summed E-state index contributed by atoms with van der Waals surface area (Å²) in [6.45, 7) is 0. The summed E-state index contributed by atoms with van der Waals surface area (Å²) in [6.07, 6.45) is 0. The molecule has 1 nitrogen and oxygen atoms in total. The summed E-state index contributed by atoms with van der Waals surface area (Å²) in [6, 6.07) is 20.4. The molecule has 1 heteroatoms. The Balaban J connectivity index is 2.35. The second-order valence-corrected chi connectivity index (χ2v) is 4.56. The average Bonchev–Trinajstić information content (AvgIpc) is 2.44. The van der Waals surface area contributed by atoms with E-state index < -0.39 is 0 Å². The van der Waals surface area contributed by atoms with Crippen LogP contribution in [-0.4, -0.2) is 7.11 Å². The number of hydrogen-bond donors (Lipinski definition) is 0. The summed E-state index contributed by atoms with van der Waals surface area (Å²) in [5.41, 5.74) is 0. The molecule has 18 heavy (non-hydrogen) atoms. The van der Waals surface area contributed by atoms with Crippen molar-refractivity contribution in [1.29, 1.82) is 0 Å². The van der Waals surface area contributed by atoms with Gasteiger partial charge in [-0.05, 0) is 38.4 Å². The molecule has 0 aliphatic carbocycles. The fourth-order valence-electron chi connectivity index (χ4n) is 2.75. The third-order valence-electron chi connectivity index (χ3n) is 3.57. The summed E-state index contributed by atoms with van der Waals surface area (Å²) < 4.78 is 5.31. The van der Waals surface area contributed by atoms with Crippen molar-refractivity contribution in [3.63, 3.8) is 0 Å². The second-order valence-electron chi connectivity index (χ2n) is 4.56. The summed E-state index contributed by atoms with van der Waals surface area (Å²) in [4.78, 5) is 0. The van der Waals surface area contributed by atoms with Gasteiger partial charge in [0.05, 0.1) is 7.11 Å². The maximum atomic E-state index is 5.31. The summed E-state index contributed by atoms with van der Waals surface area (Å²) in [5, 5.41) is 7.50. The molecule has 0 aliphatic heterocycles. The van der Waals surface area contributed by atoms with Gasteiger partial charge in [-0.15, -0.1) is 0 Å². The first-order chi connectivity index (χ1) is 8.86. The molecule has 4 aromatic carbocycles. The number of benzene rings is 4. The van der Waals surface area contributed by atoms with Crippen LogP contribution in [0.25, 0.3) is 32.3 Å². The van der Waals surface area contributed by atoms with Crippen molar-refractivity contribution in [1.82, 2.24) is 0 Å². The van der Waals surface area contributed by atoms with Gasteiger partial charge in [0.25, 0.3) is 0 Å². The van der Waals surface area contributed by atoms with Gasteiger partial charge >= 0.3 is 0 Å². The first kappa shape index (κ1) is 9.72. The zero-order valence-electron chi connectivity index (χ0n) is 10.0. The largest absolute Gasteiger partial charge is 0.496 e. The van der Waals surface area contributed by atoms with Gasteiger partial charge in [0, 0.05) is 6.07 Å². The van der Waals surface area contributed by atoms with Crippen molar-refractivity contribution in [2.24, 2.45) is 0 Å². The molecule has 4 aromatic rings. The van der Waals surface area contributed by atoms with Crippen LogP contribution in [0.1, 0.15) is 0 Å². The van der Waals surface area contributed by atoms with Crippen LogP contribution in [-0.2, 0) is 0 Å². The molecule has 0 saturated heterocycles. The van der Waals surface area contributed by atoms with Crippen LogP contribution in [0, 0.1) is 6.07 Å². The SMILES string of the molecule is COc1[c]c2ccc3cccc4ccc(c1)c2c34. The molecule has 0 bridgehead atoms. The average molecular weight is 231 g/mol. The van der Waals surface area contributed by atoms with E-state index in [1.54, 1.807) is 7.11 Å². The summed E-state index contributed by atoms with van der Waals surface area (Å²) in [7, 11) is 1.68. The molecule has 1 radical (unpaired) electrons. The minimum absolute atomic E-state index is 0.792. The molecule has 0 fully saturated rings. The van der Waals surface area contributed by atoms with Gasteiger partial charge in [-0.2, -0.15) is 0 Å². The molecule has 0 N–H and O–H groups in total. The Morgan fingerprint density at radius 1 is 0.833 bits per heavy atom. The van der Waals surface area contributed by atoms with E-state index in [1.807, 2.05) is 6.07 Å². The zero-order chi connectivity index (χ0) is 12.1. The van der Waals surface area contributed by atoms with Crippen molar-refractivity contribution < 1.29 is 4.74 Å². The topological polar surface area (TPSA) is 9.23 Å². The highest BCUT2D eigenvalue weighted by Crippen LogP contribution is 2.36. The first-order valence-electron chi connectivity index (χ1n) is 6.01. The number of rotatable bonds is 1. The number of ether oxygens (including phenoxy) is 1. The predicted molar refractivity (Wildman–Crippen MR) is 75.5 cm³/mol. The van der Waals surface area contributed by atoms with Gasteiger partial charge in [0.1, 0.15) is 5.75 Å². The molecule has 0 atom stereocenters. The fraction of sp³-hybridized carbons (Fsp3) is 0.0588. The van der Waals surface area contributed by atoms with Gasteiger partial charge in [-0.25, -0.2) is 0 Å². The lowest BCUT2D eigenvalue weighted by molar-refractivity contribution is 0.415. The van der Waals surface area contributed by atoms with Crippen molar-refractivity contribution in [2.75, 3.05) is 7.11 Å². The Labute approximate surface area is 105 Å². The van der Waals surface area contributed by atoms with Crippen LogP contribution < -0.4 is 4.74 Å². The van der Waals surface area contributed by atoms with Crippen molar-refractivity contribution in [3.05, 3.63) is 54.6 Å². The highest BCUT2D eigenvalue weighted by Gasteiger charge is 2.09. The van der Waals surface area contributed by atoms with Crippen molar-refractivity contribution >= 4 is 32.3 Å². The molecular weight excluding hydrogens is 220 g/mol. The Morgan fingerprint density at radius 3 is 2.33 bits per heavy atom. The van der Waals surface area contributed by atoms with Gasteiger partial charge < -0.3 is 4.74 Å². The van der Waals surface area contributed by atoms with Crippen LogP contribution in [0.3, 0.4) is 0 Å². The minimum atomic E-state index is 0.792. The standard InChI is InChI=1S/C17H11O/c1-18-15-9-13-7-5-11-3-2-4-12-6-8-14(10-15)17(13)16(11)12/h2-9H,1H3. The smallest absolute Gasteiger partial charge is 0.128 e. The Hall–Kier alpha value is -2.28. The Bertz CT molecular complexity index is 797. The van der Waals surface area contributed by atoms with Gasteiger partial charge in [-0.1, -0.05) is 42.5 Å². The zero-order valence-corrected chi connectivity index (χ0v) is 10.0. The molecule has 0 spiro atoms. The monoisotopic (exact) mass is 231 g/mol. The number of methoxy groups -OCH3 is 1. The van der Waals surface area contributed by atoms with Crippen LogP contribution >= 0.6 is 0 Å². The highest BCUT2D eigenvalue weighted by atomic mass is 16.5. The molecule has 4 rings (SSSR count). The molecule has 0 saturated carbocycles. The maximum absolute atomic E-state index is 5.31. The predicted octanol–water partition coefficient (Wildman–Crippen LogP) is 4.39. The van der Waals surface area contributed by atoms with E-state index >= 15 is 0 Å². The molecule has 85 valence electrons. The lowest BCUT2D eigenvalue weighted by atomic mass is 9.94. The Morgan fingerprint density at radius 2 is 1.56 bits per heavy atom. The summed E-state index contributed by atoms with van der Waals surface area (Å²) >= 11 is 0. The van der Waals surface area contributed by atoms with E-state index in [4.69, 9.17) is 4.74 Å². The van der Waals surface area contributed by atoms with E-state index in [-0.39, 0.29) is 0 Å². The first-order valence-corrected chi connectivity index (χ1v) is 6.01. The fourth-order valence-corrected chi connectivity index (χ4v) is 2.75. The maximum Gasteiger partial charge on any atom is 0.128 e. The normalized spacial score (nSPS) is 11.6. The highest BCUT2D eigenvalue weighted by molar-refractivity contribution is 6.23. The van der Waals surface area contributed by atoms with E-state index in [2.05, 4.69) is 48.5 Å². The lowest BCUT2D eigenvalue weighted by Crippen LogP contribution is -1.87. The van der Waals surface area contributed by atoms with E-state index in [9.17, 15) is 0 Å². The molecule has 0 aromatic heterocycles. The van der Waals surface area contributed by atoms with Gasteiger partial charge in [0.15, 0.2) is 0 Å². The quantitative estimate of drug-likeness (QED) is 0.441.